The zero-order valence-electron chi connectivity index (χ0n) is 15.7. The summed E-state index contributed by atoms with van der Waals surface area (Å²) in [5.74, 6) is -2.82. The highest BCUT2D eigenvalue weighted by Gasteiger charge is 2.41. The third-order valence-electron chi connectivity index (χ3n) is 4.04. The fourth-order valence-corrected chi connectivity index (χ4v) is 2.67. The Morgan fingerprint density at radius 3 is 2.29 bits per heavy atom. The molecule has 1 fully saturated rings. The van der Waals surface area contributed by atoms with E-state index in [0.29, 0.717) is 19.7 Å². The van der Waals surface area contributed by atoms with E-state index in [9.17, 15) is 13.6 Å². The summed E-state index contributed by atoms with van der Waals surface area (Å²) in [5, 5.41) is 0. The average molecular weight is 349 g/mol. The summed E-state index contributed by atoms with van der Waals surface area (Å²) in [5.41, 5.74) is -0.539. The molecule has 142 valence electrons. The summed E-state index contributed by atoms with van der Waals surface area (Å²) in [7, 11) is 0. The molecule has 0 aromatic rings. The number of nitrogens with zero attached hydrogens (tertiary/aromatic N) is 1. The van der Waals surface area contributed by atoms with Crippen LogP contribution in [0.1, 0.15) is 66.7 Å². The fraction of sp³-hybridized carbons (Fsp3) is 0.944. The molecule has 1 aliphatic heterocycles. The van der Waals surface area contributed by atoms with Gasteiger partial charge >= 0.3 is 6.09 Å². The maximum Gasteiger partial charge on any atom is 0.410 e. The van der Waals surface area contributed by atoms with E-state index in [1.807, 2.05) is 20.8 Å². The molecule has 1 atom stereocenters. The van der Waals surface area contributed by atoms with Gasteiger partial charge in [0, 0.05) is 26.6 Å². The first kappa shape index (κ1) is 21.1. The number of hydrogen-bond acceptors (Lipinski definition) is 3. The molecule has 0 spiro atoms. The first-order chi connectivity index (χ1) is 11.0. The molecule has 0 N–H and O–H groups in total. The molecule has 0 radical (unpaired) electrons. The molecule has 6 heteroatoms. The van der Waals surface area contributed by atoms with Gasteiger partial charge in [-0.05, 0) is 39.5 Å². The normalized spacial score (nSPS) is 17.5. The molecule has 1 aliphatic rings. The van der Waals surface area contributed by atoms with E-state index >= 15 is 0 Å². The Kier molecular flexibility index (Phi) is 7.90. The van der Waals surface area contributed by atoms with E-state index in [0.717, 1.165) is 32.6 Å². The lowest BCUT2D eigenvalue weighted by Gasteiger charge is -2.41. The molecule has 0 bridgehead atoms. The molecule has 0 aromatic heterocycles. The molecular formula is C18H33F2NO3. The van der Waals surface area contributed by atoms with E-state index in [-0.39, 0.29) is 18.4 Å². The number of hydrogen-bond donors (Lipinski definition) is 0. The number of ether oxygens (including phenoxy) is 2. The summed E-state index contributed by atoms with van der Waals surface area (Å²) >= 11 is 0. The van der Waals surface area contributed by atoms with Crippen LogP contribution in [0, 0.1) is 5.92 Å². The van der Waals surface area contributed by atoms with Crippen LogP contribution >= 0.6 is 0 Å². The van der Waals surface area contributed by atoms with Crippen molar-refractivity contribution in [2.24, 2.45) is 5.92 Å². The Labute approximate surface area is 144 Å². The van der Waals surface area contributed by atoms with Crippen molar-refractivity contribution in [2.45, 2.75) is 84.4 Å². The molecular weight excluding hydrogens is 316 g/mol. The zero-order chi connectivity index (χ0) is 18.4. The second-order valence-corrected chi connectivity index (χ2v) is 7.86. The van der Waals surface area contributed by atoms with Crippen molar-refractivity contribution < 1.29 is 23.0 Å². The number of alkyl halides is 2. The lowest BCUT2D eigenvalue weighted by Crippen LogP contribution is -2.53. The minimum Gasteiger partial charge on any atom is -0.444 e. The predicted octanol–water partition coefficient (Wildman–Crippen LogP) is 4.86. The monoisotopic (exact) mass is 349 g/mol. The molecule has 1 rings (SSSR count). The van der Waals surface area contributed by atoms with Crippen molar-refractivity contribution in [1.29, 1.82) is 0 Å². The summed E-state index contributed by atoms with van der Waals surface area (Å²) in [4.78, 5) is 13.4. The Hall–Kier alpha value is -0.910. The maximum atomic E-state index is 13.7. The van der Waals surface area contributed by atoms with Crippen LogP contribution in [0.4, 0.5) is 13.6 Å². The van der Waals surface area contributed by atoms with Gasteiger partial charge in [-0.2, -0.15) is 0 Å². The highest BCUT2D eigenvalue weighted by molar-refractivity contribution is 5.69. The van der Waals surface area contributed by atoms with Crippen LogP contribution in [0.15, 0.2) is 0 Å². The van der Waals surface area contributed by atoms with Crippen LogP contribution in [0.5, 0.6) is 0 Å². The molecule has 1 heterocycles. The van der Waals surface area contributed by atoms with Crippen molar-refractivity contribution >= 4 is 6.09 Å². The number of carbonyl (C=O) groups is 1. The third-order valence-corrected chi connectivity index (χ3v) is 4.04. The lowest BCUT2D eigenvalue weighted by molar-refractivity contribution is -0.140. The van der Waals surface area contributed by atoms with Gasteiger partial charge in [-0.15, -0.1) is 0 Å². The first-order valence-corrected chi connectivity index (χ1v) is 9.00. The number of likely N-dealkylation sites (tertiary alicyclic amines) is 1. The van der Waals surface area contributed by atoms with Gasteiger partial charge in [-0.3, -0.25) is 0 Å². The van der Waals surface area contributed by atoms with E-state index in [4.69, 9.17) is 9.47 Å². The van der Waals surface area contributed by atoms with Gasteiger partial charge in [0.05, 0.1) is 0 Å². The highest BCUT2D eigenvalue weighted by Crippen LogP contribution is 2.31. The van der Waals surface area contributed by atoms with E-state index < -0.39 is 17.6 Å². The molecule has 4 nitrogen and oxygen atoms in total. The predicted molar refractivity (Wildman–Crippen MR) is 90.4 cm³/mol. The van der Waals surface area contributed by atoms with Crippen molar-refractivity contribution in [2.75, 3.05) is 19.7 Å². The van der Waals surface area contributed by atoms with E-state index in [1.165, 1.54) is 0 Å². The molecule has 1 amide bonds. The van der Waals surface area contributed by atoms with Crippen molar-refractivity contribution in [3.63, 3.8) is 0 Å². The van der Waals surface area contributed by atoms with Crippen molar-refractivity contribution in [3.05, 3.63) is 0 Å². The van der Waals surface area contributed by atoms with E-state index in [1.54, 1.807) is 4.90 Å². The largest absolute Gasteiger partial charge is 0.444 e. The maximum absolute atomic E-state index is 13.7. The van der Waals surface area contributed by atoms with E-state index in [2.05, 4.69) is 6.92 Å². The second-order valence-electron chi connectivity index (χ2n) is 7.86. The fourth-order valence-electron chi connectivity index (χ4n) is 2.67. The molecule has 0 aromatic carbocycles. The van der Waals surface area contributed by atoms with Crippen LogP contribution in [0.25, 0.3) is 0 Å². The average Bonchev–Trinajstić information content (AvgIpc) is 2.35. The zero-order valence-corrected chi connectivity index (χ0v) is 15.7. The first-order valence-electron chi connectivity index (χ1n) is 9.00. The van der Waals surface area contributed by atoms with Crippen molar-refractivity contribution in [1.82, 2.24) is 4.90 Å². The van der Waals surface area contributed by atoms with Crippen LogP contribution in [-0.2, 0) is 9.47 Å². The van der Waals surface area contributed by atoms with Crippen LogP contribution < -0.4 is 0 Å². The van der Waals surface area contributed by atoms with Crippen LogP contribution in [-0.4, -0.2) is 48.3 Å². The Balaban J connectivity index is 2.35. The minimum absolute atomic E-state index is 0.0454. The smallest absolute Gasteiger partial charge is 0.410 e. The van der Waals surface area contributed by atoms with Gasteiger partial charge in [0.1, 0.15) is 11.7 Å². The topological polar surface area (TPSA) is 38.8 Å². The van der Waals surface area contributed by atoms with Crippen LogP contribution in [0.2, 0.25) is 0 Å². The Bertz CT molecular complexity index is 385. The third kappa shape index (κ3) is 7.77. The number of halogens is 2. The number of amides is 1. The minimum atomic E-state index is -2.86. The molecule has 0 saturated carbocycles. The van der Waals surface area contributed by atoms with Gasteiger partial charge in [-0.1, -0.05) is 26.2 Å². The second kappa shape index (κ2) is 8.97. The molecule has 1 saturated heterocycles. The standard InChI is InChI=1S/C18H33F2NO3/c1-6-7-8-9-10-23-15(18(5,19)20)11-14-12-21(13-14)16(22)24-17(2,3)4/h14-15H,6-13H2,1-5H3. The number of rotatable bonds is 9. The number of unbranched alkanes of at least 4 members (excludes halogenated alkanes) is 3. The summed E-state index contributed by atoms with van der Waals surface area (Å²) in [6.07, 6.45) is 2.85. The molecule has 1 unspecified atom stereocenters. The summed E-state index contributed by atoms with van der Waals surface area (Å²) < 4.78 is 38.2. The lowest BCUT2D eigenvalue weighted by atomic mass is 9.91. The molecule has 0 aliphatic carbocycles. The number of carbonyl (C=O) groups excluding carboxylic acids is 1. The van der Waals surface area contributed by atoms with Gasteiger partial charge in [0.2, 0.25) is 0 Å². The van der Waals surface area contributed by atoms with Gasteiger partial charge < -0.3 is 14.4 Å². The summed E-state index contributed by atoms with van der Waals surface area (Å²) in [6, 6.07) is 0. The SMILES string of the molecule is CCCCCCOC(CC1CN(C(=O)OC(C)(C)C)C1)C(C)(F)F. The van der Waals surface area contributed by atoms with Gasteiger partial charge in [0.25, 0.3) is 5.92 Å². The highest BCUT2D eigenvalue weighted by atomic mass is 19.3. The van der Waals surface area contributed by atoms with Gasteiger partial charge in [-0.25, -0.2) is 13.6 Å². The molecule has 24 heavy (non-hydrogen) atoms. The van der Waals surface area contributed by atoms with Crippen LogP contribution in [0.3, 0.4) is 0 Å². The van der Waals surface area contributed by atoms with Crippen molar-refractivity contribution in [3.8, 4) is 0 Å². The Morgan fingerprint density at radius 1 is 1.17 bits per heavy atom. The summed E-state index contributed by atoms with van der Waals surface area (Å²) in [6.45, 7) is 9.73. The Morgan fingerprint density at radius 2 is 1.79 bits per heavy atom. The van der Waals surface area contributed by atoms with Gasteiger partial charge in [0.15, 0.2) is 0 Å². The quantitative estimate of drug-likeness (QED) is 0.558.